The van der Waals surface area contributed by atoms with Crippen LogP contribution in [0.25, 0.3) is 6.08 Å². The molecule has 1 unspecified atom stereocenters. The Labute approximate surface area is 202 Å². The van der Waals surface area contributed by atoms with Gasteiger partial charge in [0, 0.05) is 28.0 Å². The van der Waals surface area contributed by atoms with E-state index in [2.05, 4.69) is 21.0 Å². The molecule has 2 heterocycles. The van der Waals surface area contributed by atoms with E-state index in [1.807, 2.05) is 42.8 Å². The lowest BCUT2D eigenvalue weighted by molar-refractivity contribution is -0.123. The largest absolute Gasteiger partial charge is 0.323 e. The monoisotopic (exact) mass is 477 g/mol. The van der Waals surface area contributed by atoms with Crippen molar-refractivity contribution in [1.82, 2.24) is 20.4 Å². The van der Waals surface area contributed by atoms with Crippen molar-refractivity contribution < 1.29 is 14.4 Å². The van der Waals surface area contributed by atoms with Crippen LogP contribution < -0.4 is 16.0 Å². The summed E-state index contributed by atoms with van der Waals surface area (Å²) in [6, 6.07) is 13.9. The fourth-order valence-electron chi connectivity index (χ4n) is 3.89. The topological polar surface area (TPSA) is 105 Å². The van der Waals surface area contributed by atoms with Crippen molar-refractivity contribution in [2.45, 2.75) is 32.9 Å². The first-order chi connectivity index (χ1) is 16.2. The van der Waals surface area contributed by atoms with Crippen LogP contribution in [0.3, 0.4) is 0 Å². The second kappa shape index (κ2) is 9.15. The molecule has 1 aliphatic rings. The zero-order chi connectivity index (χ0) is 24.5. The zero-order valence-corrected chi connectivity index (χ0v) is 19.7. The van der Waals surface area contributed by atoms with Gasteiger partial charge in [-0.1, -0.05) is 41.9 Å². The quantitative estimate of drug-likeness (QED) is 0.369. The first kappa shape index (κ1) is 23.3. The van der Waals surface area contributed by atoms with E-state index < -0.39 is 17.5 Å². The van der Waals surface area contributed by atoms with E-state index in [0.717, 1.165) is 22.5 Å². The number of hydrogen-bond acceptors (Lipinski definition) is 4. The maximum Gasteiger partial charge on any atom is 0.322 e. The van der Waals surface area contributed by atoms with Gasteiger partial charge < -0.3 is 10.6 Å². The summed E-state index contributed by atoms with van der Waals surface area (Å²) in [6.07, 6.45) is 3.17. The zero-order valence-electron chi connectivity index (χ0n) is 19.0. The van der Waals surface area contributed by atoms with Crippen LogP contribution in [0.4, 0.5) is 10.5 Å². The molecule has 0 radical (unpaired) electrons. The molecule has 0 aliphatic carbocycles. The van der Waals surface area contributed by atoms with Crippen LogP contribution in [0.5, 0.6) is 0 Å². The van der Waals surface area contributed by atoms with Crippen LogP contribution in [0.15, 0.2) is 54.6 Å². The molecule has 4 rings (SSSR count). The molecule has 2 aromatic carbocycles. The molecule has 0 saturated carbocycles. The number of anilines is 1. The molecule has 8 nitrogen and oxygen atoms in total. The van der Waals surface area contributed by atoms with E-state index in [9.17, 15) is 14.4 Å². The van der Waals surface area contributed by atoms with Crippen molar-refractivity contribution in [3.8, 4) is 0 Å². The van der Waals surface area contributed by atoms with Gasteiger partial charge in [-0.05, 0) is 56.2 Å². The number of rotatable bonds is 6. The first-order valence-electron chi connectivity index (χ1n) is 10.7. The Morgan fingerprint density at radius 3 is 2.65 bits per heavy atom. The number of halogens is 1. The molecule has 9 heteroatoms. The number of aromatic nitrogens is 2. The van der Waals surface area contributed by atoms with Crippen LogP contribution in [-0.4, -0.2) is 27.6 Å². The number of aryl methyl sites for hydroxylation is 1. The van der Waals surface area contributed by atoms with E-state index >= 15 is 0 Å². The summed E-state index contributed by atoms with van der Waals surface area (Å²) in [7, 11) is 0. The van der Waals surface area contributed by atoms with Crippen molar-refractivity contribution in [2.75, 3.05) is 5.32 Å². The number of carbonyl (C=O) groups is 3. The Morgan fingerprint density at radius 1 is 1.18 bits per heavy atom. The molecular weight excluding hydrogens is 454 g/mol. The summed E-state index contributed by atoms with van der Waals surface area (Å²) in [5.74, 6) is -0.777. The molecule has 3 N–H and O–H groups in total. The number of amides is 4. The highest BCUT2D eigenvalue weighted by molar-refractivity contribution is 6.31. The molecule has 1 saturated heterocycles. The molecule has 1 aliphatic heterocycles. The van der Waals surface area contributed by atoms with Gasteiger partial charge in [-0.25, -0.2) is 4.79 Å². The van der Waals surface area contributed by atoms with E-state index in [1.54, 1.807) is 37.3 Å². The molecule has 1 atom stereocenters. The van der Waals surface area contributed by atoms with Gasteiger partial charge in [0.05, 0.1) is 12.2 Å². The third-order valence-electron chi connectivity index (χ3n) is 5.87. The number of hydrogen-bond donors (Lipinski definition) is 3. The van der Waals surface area contributed by atoms with Crippen LogP contribution in [0.2, 0.25) is 5.02 Å². The maximum atomic E-state index is 12.6. The molecule has 3 aromatic rings. The van der Waals surface area contributed by atoms with Gasteiger partial charge in [0.15, 0.2) is 0 Å². The van der Waals surface area contributed by atoms with Gasteiger partial charge in [-0.2, -0.15) is 5.10 Å². The predicted octanol–water partition coefficient (Wildman–Crippen LogP) is 3.91. The summed E-state index contributed by atoms with van der Waals surface area (Å²) < 4.78 is 1.86. The van der Waals surface area contributed by atoms with Gasteiger partial charge in [0.2, 0.25) is 5.91 Å². The number of nitrogens with one attached hydrogen (secondary N) is 3. The lowest BCUT2D eigenvalue weighted by Gasteiger charge is -2.21. The normalized spacial score (nSPS) is 17.6. The number of carbonyl (C=O) groups excluding carboxylic acids is 3. The lowest BCUT2D eigenvalue weighted by atomic mass is 9.92. The third-order valence-corrected chi connectivity index (χ3v) is 6.24. The summed E-state index contributed by atoms with van der Waals surface area (Å²) >= 11 is 6.28. The van der Waals surface area contributed by atoms with Gasteiger partial charge >= 0.3 is 6.03 Å². The average Bonchev–Trinajstić information content (AvgIpc) is 3.21. The summed E-state index contributed by atoms with van der Waals surface area (Å²) in [5.41, 5.74) is 3.40. The van der Waals surface area contributed by atoms with Crippen LogP contribution in [0, 0.1) is 13.8 Å². The molecular formula is C25H24ClN5O3. The fourth-order valence-corrected chi connectivity index (χ4v) is 4.09. The number of nitrogens with zero attached hydrogens (tertiary/aromatic N) is 2. The maximum absolute atomic E-state index is 12.6. The average molecular weight is 478 g/mol. The van der Waals surface area contributed by atoms with Gasteiger partial charge in [0.1, 0.15) is 5.54 Å². The van der Waals surface area contributed by atoms with Crippen molar-refractivity contribution in [2.24, 2.45) is 0 Å². The SMILES string of the molecule is Cc1nn(Cc2ccccc2Cl)c(C)c1/C=C/C(=O)Nc1cccc(C2(C)NC(=O)NC2=O)c1. The van der Waals surface area contributed by atoms with E-state index in [0.29, 0.717) is 22.8 Å². The molecule has 0 spiro atoms. The van der Waals surface area contributed by atoms with E-state index in [1.165, 1.54) is 6.08 Å². The van der Waals surface area contributed by atoms with Crippen molar-refractivity contribution in [3.63, 3.8) is 0 Å². The highest BCUT2D eigenvalue weighted by atomic mass is 35.5. The lowest BCUT2D eigenvalue weighted by Crippen LogP contribution is -2.40. The minimum absolute atomic E-state index is 0.333. The number of imide groups is 1. The standard InChI is InChI=1S/C25H24ClN5O3/c1-15-20(16(2)31(30-15)14-17-7-4-5-10-21(17)26)11-12-22(32)27-19-9-6-8-18(13-19)25(3)23(33)28-24(34)29-25/h4-13H,14H2,1-3H3,(H,27,32)(H2,28,29,33,34)/b12-11+. The van der Waals surface area contributed by atoms with Crippen molar-refractivity contribution in [3.05, 3.63) is 87.7 Å². The fraction of sp³-hybridized carbons (Fsp3) is 0.200. The molecule has 0 bridgehead atoms. The first-order valence-corrected chi connectivity index (χ1v) is 11.1. The van der Waals surface area contributed by atoms with Gasteiger partial charge in [-0.15, -0.1) is 0 Å². The molecule has 1 aromatic heterocycles. The van der Waals surface area contributed by atoms with Crippen LogP contribution in [0.1, 0.15) is 35.0 Å². The van der Waals surface area contributed by atoms with E-state index in [4.69, 9.17) is 11.6 Å². The summed E-state index contributed by atoms with van der Waals surface area (Å²) in [4.78, 5) is 36.3. The number of benzene rings is 2. The minimum Gasteiger partial charge on any atom is -0.323 e. The summed E-state index contributed by atoms with van der Waals surface area (Å²) in [6.45, 7) is 5.97. The molecule has 174 valence electrons. The van der Waals surface area contributed by atoms with Gasteiger partial charge in [-0.3, -0.25) is 19.6 Å². The second-order valence-corrected chi connectivity index (χ2v) is 8.68. The van der Waals surface area contributed by atoms with Crippen molar-refractivity contribution in [1.29, 1.82) is 0 Å². The highest BCUT2D eigenvalue weighted by Crippen LogP contribution is 2.26. The van der Waals surface area contributed by atoms with E-state index in [-0.39, 0.29) is 5.91 Å². The minimum atomic E-state index is -1.20. The smallest absolute Gasteiger partial charge is 0.322 e. The molecule has 1 fully saturated rings. The third kappa shape index (κ3) is 4.58. The molecule has 34 heavy (non-hydrogen) atoms. The Balaban J connectivity index is 1.48. The Morgan fingerprint density at radius 2 is 1.94 bits per heavy atom. The Kier molecular flexibility index (Phi) is 6.26. The highest BCUT2D eigenvalue weighted by Gasteiger charge is 2.43. The van der Waals surface area contributed by atoms with Gasteiger partial charge in [0.25, 0.3) is 5.91 Å². The summed E-state index contributed by atoms with van der Waals surface area (Å²) in [5, 5.41) is 12.9. The Hall–Kier alpha value is -3.91. The number of urea groups is 1. The molecule has 4 amide bonds. The Bertz CT molecular complexity index is 1330. The van der Waals surface area contributed by atoms with Crippen molar-refractivity contribution >= 4 is 41.2 Å². The predicted molar refractivity (Wildman–Crippen MR) is 130 cm³/mol. The van der Waals surface area contributed by atoms with Crippen LogP contribution in [-0.2, 0) is 21.7 Å². The second-order valence-electron chi connectivity index (χ2n) is 8.27. The van der Waals surface area contributed by atoms with Crippen LogP contribution >= 0.6 is 11.6 Å².